The number of benzene rings is 1. The smallest absolute Gasteiger partial charge is 0.340 e. The van der Waals surface area contributed by atoms with Crippen molar-refractivity contribution in [3.05, 3.63) is 60.1 Å². The van der Waals surface area contributed by atoms with E-state index in [1.807, 2.05) is 30.3 Å². The largest absolute Gasteiger partial charge is 0.449 e. The van der Waals surface area contributed by atoms with Crippen molar-refractivity contribution < 1.29 is 22.4 Å². The number of fused-ring (bicyclic) bond motifs is 1. The quantitative estimate of drug-likeness (QED) is 0.714. The van der Waals surface area contributed by atoms with Crippen LogP contribution in [-0.4, -0.2) is 47.6 Å². The van der Waals surface area contributed by atoms with Crippen LogP contribution in [0.4, 0.5) is 0 Å². The average molecular weight is 400 g/mol. The number of carbonyl (C=O) groups excluding carboxylic acids is 1. The van der Waals surface area contributed by atoms with Gasteiger partial charge in [-0.05, 0) is 31.2 Å². The zero-order chi connectivity index (χ0) is 19.7. The highest BCUT2D eigenvalue weighted by Crippen LogP contribution is 2.24. The fraction of sp³-hybridized carbons (Fsp3) is 0.222. The van der Waals surface area contributed by atoms with Gasteiger partial charge in [0.05, 0.1) is 11.3 Å². The van der Waals surface area contributed by atoms with Crippen molar-refractivity contribution >= 4 is 21.8 Å². The molecule has 2 aromatic rings. The molecular weight excluding hydrogens is 384 g/mol. The van der Waals surface area contributed by atoms with E-state index in [4.69, 9.17) is 9.15 Å². The standard InChI is InChI=1S/C18H16N4O5S/c1-12(16-19-20-17(27-16)13-5-3-2-4-6-13)26-18(23)14-7-8-15-21-28(24,25)10-9-22(15)11-14/h2-8,11-12H,9-10H2,1H3. The van der Waals surface area contributed by atoms with Gasteiger partial charge in [0, 0.05) is 18.3 Å². The molecule has 0 aliphatic carbocycles. The van der Waals surface area contributed by atoms with Crippen molar-refractivity contribution in [2.45, 2.75) is 13.0 Å². The Balaban J connectivity index is 1.45. The lowest BCUT2D eigenvalue weighted by molar-refractivity contribution is -0.144. The molecule has 0 amide bonds. The lowest BCUT2D eigenvalue weighted by atomic mass is 10.2. The van der Waals surface area contributed by atoms with Gasteiger partial charge in [-0.2, -0.15) is 0 Å². The van der Waals surface area contributed by atoms with Crippen LogP contribution in [0.15, 0.2) is 63.1 Å². The third-order valence-electron chi connectivity index (χ3n) is 4.15. The molecule has 0 saturated heterocycles. The zero-order valence-corrected chi connectivity index (χ0v) is 15.7. The van der Waals surface area contributed by atoms with Gasteiger partial charge in [0.25, 0.3) is 15.9 Å². The molecule has 1 unspecified atom stereocenters. The van der Waals surface area contributed by atoms with Crippen LogP contribution in [0.1, 0.15) is 18.9 Å². The van der Waals surface area contributed by atoms with E-state index in [0.717, 1.165) is 5.56 Å². The van der Waals surface area contributed by atoms with Crippen LogP contribution in [0.3, 0.4) is 0 Å². The lowest BCUT2D eigenvalue weighted by Gasteiger charge is -2.26. The fourth-order valence-corrected chi connectivity index (χ4v) is 3.67. The topological polar surface area (TPSA) is 115 Å². The number of sulfonamides is 1. The number of ether oxygens (including phenoxy) is 1. The number of esters is 1. The summed E-state index contributed by atoms with van der Waals surface area (Å²) in [5.74, 6) is 0.101. The van der Waals surface area contributed by atoms with Crippen molar-refractivity contribution in [1.29, 1.82) is 0 Å². The van der Waals surface area contributed by atoms with E-state index in [2.05, 4.69) is 14.6 Å². The van der Waals surface area contributed by atoms with Crippen molar-refractivity contribution in [3.63, 3.8) is 0 Å². The van der Waals surface area contributed by atoms with Crippen molar-refractivity contribution in [1.82, 2.24) is 15.1 Å². The summed E-state index contributed by atoms with van der Waals surface area (Å²) < 4.78 is 37.8. The lowest BCUT2D eigenvalue weighted by Crippen LogP contribution is -2.37. The molecule has 144 valence electrons. The molecule has 1 atom stereocenters. The second-order valence-corrected chi connectivity index (χ2v) is 7.96. The van der Waals surface area contributed by atoms with Crippen LogP contribution < -0.4 is 0 Å². The minimum Gasteiger partial charge on any atom is -0.449 e. The number of rotatable bonds is 4. The molecule has 0 N–H and O–H groups in total. The van der Waals surface area contributed by atoms with Gasteiger partial charge in [-0.15, -0.1) is 14.6 Å². The first-order chi connectivity index (χ1) is 13.4. The summed E-state index contributed by atoms with van der Waals surface area (Å²) in [4.78, 5) is 14.0. The molecule has 10 heteroatoms. The van der Waals surface area contributed by atoms with E-state index in [0.29, 0.717) is 5.89 Å². The zero-order valence-electron chi connectivity index (χ0n) is 14.8. The van der Waals surface area contributed by atoms with Crippen molar-refractivity contribution in [2.24, 2.45) is 4.40 Å². The number of carbonyl (C=O) groups is 1. The minimum absolute atomic E-state index is 0.107. The molecule has 2 aliphatic rings. The first kappa shape index (κ1) is 18.1. The Morgan fingerprint density at radius 2 is 2.00 bits per heavy atom. The molecular formula is C18H16N4O5S. The van der Waals surface area contributed by atoms with E-state index in [9.17, 15) is 13.2 Å². The minimum atomic E-state index is -3.44. The van der Waals surface area contributed by atoms with Crippen LogP contribution in [0, 0.1) is 0 Å². The number of nitrogens with zero attached hydrogens (tertiary/aromatic N) is 4. The first-order valence-corrected chi connectivity index (χ1v) is 10.1. The Morgan fingerprint density at radius 3 is 2.79 bits per heavy atom. The summed E-state index contributed by atoms with van der Waals surface area (Å²) in [7, 11) is -3.44. The van der Waals surface area contributed by atoms with Gasteiger partial charge >= 0.3 is 5.97 Å². The summed E-state index contributed by atoms with van der Waals surface area (Å²) in [6.07, 6.45) is 3.71. The average Bonchev–Trinajstić information content (AvgIpc) is 3.18. The molecule has 4 rings (SSSR count). The molecule has 0 saturated carbocycles. The van der Waals surface area contributed by atoms with Crippen LogP contribution in [0.25, 0.3) is 11.5 Å². The molecule has 0 fully saturated rings. The maximum absolute atomic E-state index is 12.4. The van der Waals surface area contributed by atoms with Crippen molar-refractivity contribution in [2.75, 3.05) is 12.3 Å². The number of hydrogen-bond donors (Lipinski definition) is 0. The highest BCUT2D eigenvalue weighted by atomic mass is 32.2. The molecule has 9 nitrogen and oxygen atoms in total. The summed E-state index contributed by atoms with van der Waals surface area (Å²) in [5.41, 5.74) is 1.04. The van der Waals surface area contributed by atoms with E-state index >= 15 is 0 Å². The van der Waals surface area contributed by atoms with Crippen LogP contribution in [0.5, 0.6) is 0 Å². The Hall–Kier alpha value is -3.27. The first-order valence-electron chi connectivity index (χ1n) is 8.50. The number of hydrogen-bond acceptors (Lipinski definition) is 8. The van der Waals surface area contributed by atoms with Gasteiger partial charge < -0.3 is 14.1 Å². The summed E-state index contributed by atoms with van der Waals surface area (Å²) in [5, 5.41) is 7.92. The normalized spacial score (nSPS) is 18.7. The highest BCUT2D eigenvalue weighted by Gasteiger charge is 2.27. The third-order valence-corrected chi connectivity index (χ3v) is 5.32. The van der Waals surface area contributed by atoms with Crippen LogP contribution in [0.2, 0.25) is 0 Å². The molecule has 28 heavy (non-hydrogen) atoms. The molecule has 0 spiro atoms. The van der Waals surface area contributed by atoms with Gasteiger partial charge in [0.15, 0.2) is 6.10 Å². The van der Waals surface area contributed by atoms with Gasteiger partial charge in [0.2, 0.25) is 5.89 Å². The Labute approximate surface area is 161 Å². The second kappa shape index (κ2) is 7.04. The van der Waals surface area contributed by atoms with E-state index in [-0.39, 0.29) is 29.6 Å². The van der Waals surface area contributed by atoms with Gasteiger partial charge in [-0.1, -0.05) is 18.2 Å². The second-order valence-electron chi connectivity index (χ2n) is 6.21. The molecule has 2 aliphatic heterocycles. The van der Waals surface area contributed by atoms with Crippen LogP contribution in [-0.2, 0) is 19.6 Å². The van der Waals surface area contributed by atoms with Gasteiger partial charge in [-0.25, -0.2) is 13.2 Å². The SMILES string of the molecule is CC(OC(=O)C1=CN2CCS(=O)(=O)N=C2C=C1)c1nnc(-c2ccccc2)o1. The highest BCUT2D eigenvalue weighted by molar-refractivity contribution is 7.90. The molecule has 1 aromatic heterocycles. The summed E-state index contributed by atoms with van der Waals surface area (Å²) in [6, 6.07) is 9.26. The van der Waals surface area contributed by atoms with E-state index in [1.165, 1.54) is 18.4 Å². The summed E-state index contributed by atoms with van der Waals surface area (Å²) >= 11 is 0. The third kappa shape index (κ3) is 3.72. The monoisotopic (exact) mass is 400 g/mol. The predicted molar refractivity (Wildman–Crippen MR) is 99.4 cm³/mol. The van der Waals surface area contributed by atoms with Gasteiger partial charge in [-0.3, -0.25) is 0 Å². The number of amidine groups is 1. The predicted octanol–water partition coefficient (Wildman–Crippen LogP) is 1.84. The fourth-order valence-electron chi connectivity index (χ4n) is 2.70. The van der Waals surface area contributed by atoms with E-state index < -0.39 is 22.1 Å². The van der Waals surface area contributed by atoms with Gasteiger partial charge in [0.1, 0.15) is 5.84 Å². The van der Waals surface area contributed by atoms with E-state index in [1.54, 1.807) is 11.8 Å². The molecule has 0 radical (unpaired) electrons. The maximum Gasteiger partial charge on any atom is 0.340 e. The van der Waals surface area contributed by atoms with Crippen LogP contribution >= 0.6 is 0 Å². The van der Waals surface area contributed by atoms with Crippen molar-refractivity contribution in [3.8, 4) is 11.5 Å². The summed E-state index contributed by atoms with van der Waals surface area (Å²) in [6.45, 7) is 1.86. The Kier molecular flexibility index (Phi) is 4.55. The molecule has 1 aromatic carbocycles. The maximum atomic E-state index is 12.4. The number of aromatic nitrogens is 2. The Bertz CT molecular complexity index is 1100. The molecule has 3 heterocycles. The Morgan fingerprint density at radius 1 is 1.21 bits per heavy atom. The molecule has 0 bridgehead atoms.